The molecule has 6 heteroatoms. The Bertz CT molecular complexity index is 737. The standard InChI is InChI=1S/C16H17ClN2O2S/c1-18(2)15(21)10-19(3)14(20)9-8-13-16(17)11-6-4-5-7-12(11)22-13/h4-9H,10H2,1-3H3/b9-8+. The van der Waals surface area contributed by atoms with E-state index >= 15 is 0 Å². The monoisotopic (exact) mass is 336 g/mol. The molecular weight excluding hydrogens is 320 g/mol. The van der Waals surface area contributed by atoms with Crippen LogP contribution in [0.5, 0.6) is 0 Å². The first kappa shape index (κ1) is 16.5. The Morgan fingerprint density at radius 3 is 2.55 bits per heavy atom. The van der Waals surface area contributed by atoms with E-state index in [1.165, 1.54) is 27.2 Å². The molecule has 0 radical (unpaired) electrons. The lowest BCUT2D eigenvalue weighted by molar-refractivity contribution is -0.135. The van der Waals surface area contributed by atoms with Crippen molar-refractivity contribution in [2.24, 2.45) is 0 Å². The summed E-state index contributed by atoms with van der Waals surface area (Å²) in [5.41, 5.74) is 0. The highest BCUT2D eigenvalue weighted by atomic mass is 35.5. The molecule has 0 spiro atoms. The third-order valence-corrected chi connectivity index (χ3v) is 4.84. The summed E-state index contributed by atoms with van der Waals surface area (Å²) >= 11 is 7.85. The summed E-state index contributed by atoms with van der Waals surface area (Å²) < 4.78 is 1.08. The summed E-state index contributed by atoms with van der Waals surface area (Å²) in [5, 5.41) is 1.63. The minimum absolute atomic E-state index is 0.0519. The van der Waals surface area contributed by atoms with Gasteiger partial charge in [0.05, 0.1) is 11.6 Å². The van der Waals surface area contributed by atoms with Crippen molar-refractivity contribution in [2.75, 3.05) is 27.7 Å². The van der Waals surface area contributed by atoms with Crippen LogP contribution in [-0.2, 0) is 9.59 Å². The zero-order chi connectivity index (χ0) is 16.3. The van der Waals surface area contributed by atoms with Crippen LogP contribution in [0, 0.1) is 0 Å². The molecule has 2 amide bonds. The van der Waals surface area contributed by atoms with Gasteiger partial charge in [0, 0.05) is 42.2 Å². The van der Waals surface area contributed by atoms with Crippen LogP contribution in [0.15, 0.2) is 30.3 Å². The Labute approximate surface area is 138 Å². The predicted octanol–water partition coefficient (Wildman–Crippen LogP) is 3.11. The van der Waals surface area contributed by atoms with Crippen LogP contribution in [-0.4, -0.2) is 49.3 Å². The van der Waals surface area contributed by atoms with Gasteiger partial charge < -0.3 is 9.80 Å². The Kier molecular flexibility index (Phi) is 5.21. The van der Waals surface area contributed by atoms with Crippen molar-refractivity contribution in [2.45, 2.75) is 0 Å². The van der Waals surface area contributed by atoms with E-state index in [1.807, 2.05) is 24.3 Å². The van der Waals surface area contributed by atoms with Crippen molar-refractivity contribution in [3.63, 3.8) is 0 Å². The number of likely N-dealkylation sites (N-methyl/N-ethyl adjacent to an activating group) is 2. The quantitative estimate of drug-likeness (QED) is 0.805. The van der Waals surface area contributed by atoms with Gasteiger partial charge in [-0.1, -0.05) is 29.8 Å². The third-order valence-electron chi connectivity index (χ3n) is 3.18. The second-order valence-electron chi connectivity index (χ2n) is 5.09. The largest absolute Gasteiger partial charge is 0.347 e. The fourth-order valence-electron chi connectivity index (χ4n) is 1.84. The van der Waals surface area contributed by atoms with E-state index in [9.17, 15) is 9.59 Å². The molecule has 0 aliphatic carbocycles. The van der Waals surface area contributed by atoms with E-state index in [4.69, 9.17) is 11.6 Å². The molecule has 1 aromatic carbocycles. The zero-order valence-electron chi connectivity index (χ0n) is 12.7. The molecule has 0 fully saturated rings. The molecule has 0 aliphatic rings. The molecule has 0 unspecified atom stereocenters. The number of carbonyl (C=O) groups excluding carboxylic acids is 2. The lowest BCUT2D eigenvalue weighted by atomic mass is 10.2. The van der Waals surface area contributed by atoms with Gasteiger partial charge in [0.25, 0.3) is 0 Å². The first-order valence-electron chi connectivity index (χ1n) is 6.70. The number of hydrogen-bond donors (Lipinski definition) is 0. The van der Waals surface area contributed by atoms with Gasteiger partial charge in [-0.3, -0.25) is 9.59 Å². The number of halogens is 1. The predicted molar refractivity (Wildman–Crippen MR) is 92.2 cm³/mol. The highest BCUT2D eigenvalue weighted by Crippen LogP contribution is 2.35. The van der Waals surface area contributed by atoms with E-state index in [-0.39, 0.29) is 18.4 Å². The van der Waals surface area contributed by atoms with Crippen LogP contribution in [0.3, 0.4) is 0 Å². The first-order chi connectivity index (χ1) is 10.4. The van der Waals surface area contributed by atoms with Gasteiger partial charge in [0.15, 0.2) is 0 Å². The van der Waals surface area contributed by atoms with Gasteiger partial charge in [0.2, 0.25) is 11.8 Å². The molecule has 2 rings (SSSR count). The van der Waals surface area contributed by atoms with Gasteiger partial charge in [-0.2, -0.15) is 0 Å². The van der Waals surface area contributed by atoms with Crippen molar-refractivity contribution < 1.29 is 9.59 Å². The summed E-state index contributed by atoms with van der Waals surface area (Å²) in [6.45, 7) is 0.0519. The van der Waals surface area contributed by atoms with Crippen molar-refractivity contribution in [1.82, 2.24) is 9.80 Å². The number of amides is 2. The third kappa shape index (κ3) is 3.67. The number of benzene rings is 1. The fraction of sp³-hybridized carbons (Fsp3) is 0.250. The van der Waals surface area contributed by atoms with Gasteiger partial charge in [-0.25, -0.2) is 0 Å². The van der Waals surface area contributed by atoms with Crippen molar-refractivity contribution in [3.05, 3.63) is 40.2 Å². The highest BCUT2D eigenvalue weighted by molar-refractivity contribution is 7.20. The van der Waals surface area contributed by atoms with E-state index in [1.54, 1.807) is 27.2 Å². The van der Waals surface area contributed by atoms with Crippen molar-refractivity contribution in [1.29, 1.82) is 0 Å². The van der Waals surface area contributed by atoms with E-state index in [0.29, 0.717) is 5.02 Å². The average molecular weight is 337 g/mol. The fourth-order valence-corrected chi connectivity index (χ4v) is 3.24. The van der Waals surface area contributed by atoms with Crippen molar-refractivity contribution >= 4 is 50.9 Å². The molecule has 0 atom stereocenters. The van der Waals surface area contributed by atoms with Crippen LogP contribution < -0.4 is 0 Å². The zero-order valence-corrected chi connectivity index (χ0v) is 14.2. The maximum atomic E-state index is 12.0. The summed E-state index contributed by atoms with van der Waals surface area (Å²) in [5.74, 6) is -0.354. The Morgan fingerprint density at radius 1 is 1.23 bits per heavy atom. The van der Waals surface area contributed by atoms with Gasteiger partial charge >= 0.3 is 0 Å². The minimum Gasteiger partial charge on any atom is -0.347 e. The number of rotatable bonds is 4. The molecule has 22 heavy (non-hydrogen) atoms. The first-order valence-corrected chi connectivity index (χ1v) is 7.90. The number of thiophene rings is 1. The van der Waals surface area contributed by atoms with Crippen LogP contribution in [0.25, 0.3) is 16.2 Å². The number of hydrogen-bond acceptors (Lipinski definition) is 3. The maximum absolute atomic E-state index is 12.0. The summed E-state index contributed by atoms with van der Waals surface area (Å²) in [6.07, 6.45) is 3.14. The summed E-state index contributed by atoms with van der Waals surface area (Å²) in [4.78, 5) is 27.3. The lowest BCUT2D eigenvalue weighted by Gasteiger charge is -2.17. The molecule has 0 N–H and O–H groups in total. The van der Waals surface area contributed by atoms with Crippen LogP contribution in [0.2, 0.25) is 5.02 Å². The topological polar surface area (TPSA) is 40.6 Å². The second kappa shape index (κ2) is 6.94. The van der Waals surface area contributed by atoms with Gasteiger partial charge in [-0.15, -0.1) is 11.3 Å². The molecule has 1 aromatic heterocycles. The SMILES string of the molecule is CN(C)C(=O)CN(C)C(=O)/C=C/c1sc2ccccc2c1Cl. The molecule has 116 valence electrons. The lowest BCUT2D eigenvalue weighted by Crippen LogP contribution is -2.36. The Hall–Kier alpha value is -1.85. The summed E-state index contributed by atoms with van der Waals surface area (Å²) in [6, 6.07) is 7.83. The Morgan fingerprint density at radius 2 is 1.91 bits per heavy atom. The van der Waals surface area contributed by atoms with E-state index < -0.39 is 0 Å². The molecule has 0 aliphatic heterocycles. The molecule has 0 saturated carbocycles. The van der Waals surface area contributed by atoms with E-state index in [0.717, 1.165) is 15.0 Å². The van der Waals surface area contributed by atoms with Crippen LogP contribution in [0.4, 0.5) is 0 Å². The van der Waals surface area contributed by atoms with E-state index in [2.05, 4.69) is 0 Å². The van der Waals surface area contributed by atoms with Crippen LogP contribution >= 0.6 is 22.9 Å². The normalized spacial score (nSPS) is 11.1. The molecule has 4 nitrogen and oxygen atoms in total. The molecule has 1 heterocycles. The number of carbonyl (C=O) groups is 2. The summed E-state index contributed by atoms with van der Waals surface area (Å²) in [7, 11) is 4.92. The Balaban J connectivity index is 2.11. The van der Waals surface area contributed by atoms with Crippen LogP contribution in [0.1, 0.15) is 4.88 Å². The molecule has 0 saturated heterocycles. The van der Waals surface area contributed by atoms with Gasteiger partial charge in [-0.05, 0) is 12.1 Å². The number of nitrogens with zero attached hydrogens (tertiary/aromatic N) is 2. The molecule has 0 bridgehead atoms. The molecular formula is C16H17ClN2O2S. The average Bonchev–Trinajstić information content (AvgIpc) is 2.81. The maximum Gasteiger partial charge on any atom is 0.246 e. The second-order valence-corrected chi connectivity index (χ2v) is 6.55. The highest BCUT2D eigenvalue weighted by Gasteiger charge is 2.12. The van der Waals surface area contributed by atoms with Crippen molar-refractivity contribution in [3.8, 4) is 0 Å². The molecule has 2 aromatic rings. The smallest absolute Gasteiger partial charge is 0.246 e. The van der Waals surface area contributed by atoms with Gasteiger partial charge in [0.1, 0.15) is 0 Å². The number of fused-ring (bicyclic) bond motifs is 1. The minimum atomic E-state index is -0.233.